The van der Waals surface area contributed by atoms with Crippen LogP contribution >= 0.6 is 0 Å². The fourth-order valence-electron chi connectivity index (χ4n) is 5.10. The molecule has 1 amide bonds. The van der Waals surface area contributed by atoms with Crippen molar-refractivity contribution in [3.05, 3.63) is 0 Å². The number of aliphatic hydroxyl groups is 1. The SMILES string of the molecule is O=C([O-])CN1CCN(CC(=O)[O-])CCN(CC(O)CNC(=O)COCCC(F)(F)C(F)(F)CC(F)(F)C(F)(F)C(F)(F)C(F)(F)C(F)(F)F)CCN(CC(=O)[O-])CC1.[Gd+3]. The minimum atomic E-state index is -8.10. The first-order chi connectivity index (χ1) is 26.2. The standard InChI is InChI=1S/C29H40F15N5O9.Gd/c30-23(31,24(32,33)17-25(34,35)26(36,37)27(38,39)28(40,41)29(42,43)44)1-10-58-16-19(51)45-11-18(50)12-46-2-4-47(13-20(52)53)6-8-49(15-22(56)57)9-7-48(5-3-46)14-21(54)55;/h18,50H,1-17H2,(H,45,51)(H,52,53)(H,54,55)(H,56,57);/q;+3/p-3. The molecular weight excluding hydrogens is 1000 g/mol. The van der Waals surface area contributed by atoms with Gasteiger partial charge >= 0.3 is 81.7 Å². The number of aliphatic carboxylic acids is 3. The number of rotatable bonds is 21. The number of aliphatic hydroxyl groups excluding tert-OH is 1. The molecule has 59 heavy (non-hydrogen) atoms. The summed E-state index contributed by atoms with van der Waals surface area (Å²) >= 11 is 0. The maximum Gasteiger partial charge on any atom is 3.00 e. The molecule has 1 heterocycles. The zero-order valence-corrected chi connectivity index (χ0v) is 32.4. The van der Waals surface area contributed by atoms with Crippen molar-refractivity contribution in [2.75, 3.05) is 98.3 Å². The number of β-amino-alcohol motifs (C(OH)–C–C–N with tert-alkyl or cyclic N) is 1. The Labute approximate surface area is 356 Å². The summed E-state index contributed by atoms with van der Waals surface area (Å²) in [5.41, 5.74) is 0. The van der Waals surface area contributed by atoms with Crippen LogP contribution in [0.3, 0.4) is 0 Å². The molecule has 0 aromatic rings. The Balaban J connectivity index is 0.0000336. The number of amides is 1. The molecule has 1 radical (unpaired) electrons. The van der Waals surface area contributed by atoms with Gasteiger partial charge in [0.25, 0.3) is 0 Å². The number of hydrogen-bond donors (Lipinski definition) is 2. The van der Waals surface area contributed by atoms with Gasteiger partial charge in [-0.05, 0) is 0 Å². The van der Waals surface area contributed by atoms with Crippen LogP contribution in [0.5, 0.6) is 0 Å². The summed E-state index contributed by atoms with van der Waals surface area (Å²) in [6, 6.07) is 0. The number of alkyl halides is 15. The van der Waals surface area contributed by atoms with Gasteiger partial charge in [0, 0.05) is 91.5 Å². The first-order valence-corrected chi connectivity index (χ1v) is 16.5. The van der Waals surface area contributed by atoms with Crippen molar-refractivity contribution in [1.29, 1.82) is 0 Å². The van der Waals surface area contributed by atoms with Gasteiger partial charge in [-0.15, -0.1) is 0 Å². The number of carbonyl (C=O) groups excluding carboxylic acids is 4. The summed E-state index contributed by atoms with van der Waals surface area (Å²) in [7, 11) is 0. The van der Waals surface area contributed by atoms with Crippen LogP contribution in [0.25, 0.3) is 0 Å². The average molecular weight is 1040 g/mol. The molecule has 345 valence electrons. The van der Waals surface area contributed by atoms with E-state index in [0.717, 1.165) is 0 Å². The van der Waals surface area contributed by atoms with Gasteiger partial charge in [-0.3, -0.25) is 24.4 Å². The Kier molecular flexibility index (Phi) is 22.0. The maximum absolute atomic E-state index is 14.1. The van der Waals surface area contributed by atoms with E-state index in [1.807, 2.05) is 5.32 Å². The van der Waals surface area contributed by atoms with Gasteiger partial charge in [0.05, 0.1) is 37.0 Å². The summed E-state index contributed by atoms with van der Waals surface area (Å²) in [5.74, 6) is -49.3. The van der Waals surface area contributed by atoms with Gasteiger partial charge in [-0.2, -0.15) is 65.9 Å². The number of carboxylic acid groups (broad SMARTS) is 3. The second-order valence-corrected chi connectivity index (χ2v) is 13.0. The van der Waals surface area contributed by atoms with Crippen LogP contribution in [0.2, 0.25) is 0 Å². The van der Waals surface area contributed by atoms with Crippen LogP contribution in [-0.2, 0) is 23.9 Å². The second kappa shape index (κ2) is 22.8. The number of hydrogen-bond acceptors (Lipinski definition) is 13. The third kappa shape index (κ3) is 17.0. The van der Waals surface area contributed by atoms with Crippen LogP contribution in [0.4, 0.5) is 65.9 Å². The van der Waals surface area contributed by atoms with Gasteiger partial charge in [0.1, 0.15) is 6.61 Å². The van der Waals surface area contributed by atoms with E-state index in [1.54, 1.807) is 0 Å². The van der Waals surface area contributed by atoms with Gasteiger partial charge in [0.15, 0.2) is 0 Å². The molecule has 1 saturated heterocycles. The Morgan fingerprint density at radius 2 is 0.949 bits per heavy atom. The molecule has 1 atom stereocenters. The van der Waals surface area contributed by atoms with Gasteiger partial charge in [0.2, 0.25) is 5.91 Å². The molecular formula is C29H37F15GdN5O9. The van der Waals surface area contributed by atoms with Gasteiger partial charge in [-0.1, -0.05) is 0 Å². The topological polar surface area (TPSA) is 192 Å². The van der Waals surface area contributed by atoms with Crippen molar-refractivity contribution in [3.8, 4) is 0 Å². The molecule has 1 aliphatic heterocycles. The molecule has 1 fully saturated rings. The molecule has 0 aromatic heterocycles. The number of ether oxygens (including phenoxy) is 1. The van der Waals surface area contributed by atoms with Crippen molar-refractivity contribution < 1.29 is 150 Å². The number of nitrogens with zero attached hydrogens (tertiary/aromatic N) is 4. The molecule has 14 nitrogen and oxygen atoms in total. The smallest absolute Gasteiger partial charge is 0.549 e. The largest absolute Gasteiger partial charge is 3.00 e. The third-order valence-electron chi connectivity index (χ3n) is 8.37. The summed E-state index contributed by atoms with van der Waals surface area (Å²) < 4.78 is 205. The van der Waals surface area contributed by atoms with Gasteiger partial charge < -0.3 is 44.9 Å². The summed E-state index contributed by atoms with van der Waals surface area (Å²) in [6.07, 6.45) is -15.8. The van der Waals surface area contributed by atoms with E-state index >= 15 is 0 Å². The molecule has 2 N–H and O–H groups in total. The molecule has 0 bridgehead atoms. The Morgan fingerprint density at radius 1 is 0.576 bits per heavy atom. The van der Waals surface area contributed by atoms with Gasteiger partial charge in [-0.25, -0.2) is 0 Å². The Morgan fingerprint density at radius 3 is 1.31 bits per heavy atom. The quantitative estimate of drug-likeness (QED) is 0.0960. The number of halogens is 15. The predicted octanol–water partition coefficient (Wildman–Crippen LogP) is -1.89. The van der Waals surface area contributed by atoms with Crippen LogP contribution in [0.15, 0.2) is 0 Å². The van der Waals surface area contributed by atoms with Crippen molar-refractivity contribution >= 4 is 23.8 Å². The molecule has 0 aromatic carbocycles. The molecule has 0 spiro atoms. The van der Waals surface area contributed by atoms with Crippen LogP contribution < -0.4 is 20.6 Å². The van der Waals surface area contributed by atoms with E-state index in [1.165, 1.54) is 19.6 Å². The number of carboxylic acids is 3. The fourth-order valence-corrected chi connectivity index (χ4v) is 5.10. The van der Waals surface area contributed by atoms with Crippen molar-refractivity contribution in [1.82, 2.24) is 24.9 Å². The van der Waals surface area contributed by atoms with Crippen LogP contribution in [0, 0.1) is 39.9 Å². The third-order valence-corrected chi connectivity index (χ3v) is 8.37. The van der Waals surface area contributed by atoms with Crippen molar-refractivity contribution in [3.63, 3.8) is 0 Å². The monoisotopic (exact) mass is 1040 g/mol. The van der Waals surface area contributed by atoms with Crippen LogP contribution in [-0.4, -0.2) is 195 Å². The number of carbonyl (C=O) groups is 4. The average Bonchev–Trinajstić information content (AvgIpc) is 3.04. The molecule has 1 rings (SSSR count). The van der Waals surface area contributed by atoms with E-state index in [2.05, 4.69) is 4.74 Å². The van der Waals surface area contributed by atoms with Crippen molar-refractivity contribution in [2.24, 2.45) is 0 Å². The first-order valence-electron chi connectivity index (χ1n) is 16.5. The van der Waals surface area contributed by atoms with Crippen molar-refractivity contribution in [2.45, 2.75) is 60.7 Å². The van der Waals surface area contributed by atoms with E-state index in [0.29, 0.717) is 0 Å². The first kappa shape index (κ1) is 56.9. The van der Waals surface area contributed by atoms with E-state index in [9.17, 15) is 105 Å². The molecule has 0 saturated carbocycles. The van der Waals surface area contributed by atoms with E-state index < -0.39 is 124 Å². The molecule has 0 aliphatic carbocycles. The maximum atomic E-state index is 14.1. The zero-order chi connectivity index (χ0) is 45.1. The molecule has 1 unspecified atom stereocenters. The van der Waals surface area contributed by atoms with E-state index in [-0.39, 0.29) is 98.8 Å². The Bertz CT molecular complexity index is 1350. The Hall–Kier alpha value is -2.09. The molecule has 30 heteroatoms. The summed E-state index contributed by atoms with van der Waals surface area (Å²) in [5, 5.41) is 46.2. The van der Waals surface area contributed by atoms with E-state index in [4.69, 9.17) is 0 Å². The minimum absolute atomic E-state index is 0. The number of nitrogens with one attached hydrogen (secondary N) is 1. The van der Waals surface area contributed by atoms with Crippen LogP contribution in [0.1, 0.15) is 12.8 Å². The minimum Gasteiger partial charge on any atom is -0.549 e. The molecule has 1 aliphatic rings. The normalized spacial score (nSPS) is 18.0. The fraction of sp³-hybridized carbons (Fsp3) is 0.862. The summed E-state index contributed by atoms with van der Waals surface area (Å²) in [4.78, 5) is 51.4. The predicted molar refractivity (Wildman–Crippen MR) is 156 cm³/mol. The second-order valence-electron chi connectivity index (χ2n) is 13.0. The summed E-state index contributed by atoms with van der Waals surface area (Å²) in [6.45, 7) is -5.72. The zero-order valence-electron chi connectivity index (χ0n) is 30.1.